The van der Waals surface area contributed by atoms with Crippen LogP contribution in [0.5, 0.6) is 0 Å². The van der Waals surface area contributed by atoms with Gasteiger partial charge in [0, 0.05) is 0 Å². The van der Waals surface area contributed by atoms with Crippen LogP contribution >= 0.6 is 0 Å². The standard InChI is InChI=1S/C20H13NO2/c1-13(15-11-10-14-6-2-3-7-16(14)12-15)21-19(22)17-8-4-5-9-18(17)20(21)23/h2-12H,1H2. The average molecular weight is 299 g/mol. The summed E-state index contributed by atoms with van der Waals surface area (Å²) in [4.78, 5) is 26.2. The first-order valence-corrected chi connectivity index (χ1v) is 7.33. The maximum atomic E-state index is 12.5. The third-order valence-corrected chi connectivity index (χ3v) is 4.15. The van der Waals surface area contributed by atoms with Gasteiger partial charge in [0.15, 0.2) is 0 Å². The molecule has 0 bridgehead atoms. The lowest BCUT2D eigenvalue weighted by molar-refractivity contribution is 0.0736. The van der Waals surface area contributed by atoms with E-state index in [9.17, 15) is 9.59 Å². The van der Waals surface area contributed by atoms with Gasteiger partial charge in [-0.1, -0.05) is 55.1 Å². The van der Waals surface area contributed by atoms with Gasteiger partial charge in [-0.15, -0.1) is 0 Å². The second kappa shape index (κ2) is 4.92. The topological polar surface area (TPSA) is 37.4 Å². The molecule has 0 saturated carbocycles. The van der Waals surface area contributed by atoms with Crippen molar-refractivity contribution in [2.24, 2.45) is 0 Å². The molecule has 0 N–H and O–H groups in total. The summed E-state index contributed by atoms with van der Waals surface area (Å²) in [7, 11) is 0. The van der Waals surface area contributed by atoms with Gasteiger partial charge >= 0.3 is 0 Å². The SMILES string of the molecule is C=C(c1ccc2ccccc2c1)N1C(=O)c2ccccc2C1=O. The van der Waals surface area contributed by atoms with Crippen LogP contribution in [0.1, 0.15) is 26.3 Å². The number of hydrogen-bond acceptors (Lipinski definition) is 2. The summed E-state index contributed by atoms with van der Waals surface area (Å²) in [5.74, 6) is -0.632. The van der Waals surface area contributed by atoms with E-state index in [-0.39, 0.29) is 11.8 Å². The molecule has 1 aliphatic heterocycles. The van der Waals surface area contributed by atoms with Crippen molar-refractivity contribution in [1.82, 2.24) is 4.90 Å². The molecule has 3 heteroatoms. The second-order valence-corrected chi connectivity index (χ2v) is 5.50. The summed E-state index contributed by atoms with van der Waals surface area (Å²) in [6.07, 6.45) is 0. The zero-order valence-electron chi connectivity index (χ0n) is 12.3. The van der Waals surface area contributed by atoms with Crippen molar-refractivity contribution in [3.05, 3.63) is 90.0 Å². The van der Waals surface area contributed by atoms with Crippen molar-refractivity contribution in [3.8, 4) is 0 Å². The second-order valence-electron chi connectivity index (χ2n) is 5.50. The minimum Gasteiger partial charge on any atom is -0.268 e. The molecule has 23 heavy (non-hydrogen) atoms. The molecule has 3 aromatic rings. The highest BCUT2D eigenvalue weighted by molar-refractivity contribution is 6.25. The normalized spacial score (nSPS) is 13.5. The Kier molecular flexibility index (Phi) is 2.88. The van der Waals surface area contributed by atoms with E-state index in [1.54, 1.807) is 24.3 Å². The van der Waals surface area contributed by atoms with Gasteiger partial charge in [0.2, 0.25) is 0 Å². The Bertz CT molecular complexity index is 953. The minimum absolute atomic E-state index is 0.316. The molecular formula is C20H13NO2. The van der Waals surface area contributed by atoms with Gasteiger partial charge in [-0.3, -0.25) is 9.59 Å². The number of fused-ring (bicyclic) bond motifs is 2. The number of hydrogen-bond donors (Lipinski definition) is 0. The van der Waals surface area contributed by atoms with Crippen LogP contribution in [-0.4, -0.2) is 16.7 Å². The van der Waals surface area contributed by atoms with Gasteiger partial charge in [0.1, 0.15) is 0 Å². The van der Waals surface area contributed by atoms with Crippen LogP contribution in [0.3, 0.4) is 0 Å². The van der Waals surface area contributed by atoms with Crippen LogP contribution in [0.4, 0.5) is 0 Å². The zero-order chi connectivity index (χ0) is 16.0. The quantitative estimate of drug-likeness (QED) is 0.668. The number of nitrogens with zero attached hydrogens (tertiary/aromatic N) is 1. The fourth-order valence-electron chi connectivity index (χ4n) is 2.93. The maximum Gasteiger partial charge on any atom is 0.266 e. The molecule has 0 radical (unpaired) electrons. The third-order valence-electron chi connectivity index (χ3n) is 4.15. The number of rotatable bonds is 2. The van der Waals surface area contributed by atoms with E-state index in [1.807, 2.05) is 42.5 Å². The fraction of sp³-hybridized carbons (Fsp3) is 0. The van der Waals surface area contributed by atoms with Crippen LogP contribution in [0.15, 0.2) is 73.3 Å². The zero-order valence-corrected chi connectivity index (χ0v) is 12.3. The van der Waals surface area contributed by atoms with Crippen molar-refractivity contribution in [1.29, 1.82) is 0 Å². The summed E-state index contributed by atoms with van der Waals surface area (Å²) in [6, 6.07) is 20.6. The van der Waals surface area contributed by atoms with Crippen molar-refractivity contribution >= 4 is 28.3 Å². The van der Waals surface area contributed by atoms with Crippen LogP contribution in [0.25, 0.3) is 16.5 Å². The number of imide groups is 1. The van der Waals surface area contributed by atoms with Crippen molar-refractivity contribution in [3.63, 3.8) is 0 Å². The summed E-state index contributed by atoms with van der Waals surface area (Å²) in [5, 5.41) is 2.15. The average Bonchev–Trinajstić information content (AvgIpc) is 2.85. The van der Waals surface area contributed by atoms with Gasteiger partial charge < -0.3 is 0 Å². The van der Waals surface area contributed by atoms with E-state index in [1.165, 1.54) is 0 Å². The van der Waals surface area contributed by atoms with E-state index in [0.29, 0.717) is 16.8 Å². The first-order valence-electron chi connectivity index (χ1n) is 7.33. The Hall–Kier alpha value is -3.20. The molecule has 110 valence electrons. The maximum absolute atomic E-state index is 12.5. The van der Waals surface area contributed by atoms with Gasteiger partial charge in [0.05, 0.1) is 16.8 Å². The fourth-order valence-corrected chi connectivity index (χ4v) is 2.93. The Morgan fingerprint density at radius 2 is 1.30 bits per heavy atom. The highest BCUT2D eigenvalue weighted by Gasteiger charge is 2.37. The molecule has 4 rings (SSSR count). The Morgan fingerprint density at radius 1 is 0.739 bits per heavy atom. The number of benzene rings is 3. The first kappa shape index (κ1) is 13.5. The summed E-state index contributed by atoms with van der Waals surface area (Å²) < 4.78 is 0. The highest BCUT2D eigenvalue weighted by Crippen LogP contribution is 2.30. The molecule has 2 amide bonds. The predicted molar refractivity (Wildman–Crippen MR) is 89.9 cm³/mol. The van der Waals surface area contributed by atoms with Gasteiger partial charge in [0.25, 0.3) is 11.8 Å². The van der Waals surface area contributed by atoms with Crippen LogP contribution in [0.2, 0.25) is 0 Å². The van der Waals surface area contributed by atoms with E-state index in [0.717, 1.165) is 21.2 Å². The summed E-state index contributed by atoms with van der Waals surface area (Å²) in [5.41, 5.74) is 2.03. The predicted octanol–water partition coefficient (Wildman–Crippen LogP) is 4.11. The molecule has 0 aromatic heterocycles. The highest BCUT2D eigenvalue weighted by atomic mass is 16.2. The molecule has 0 unspecified atom stereocenters. The Labute approximate surface area is 133 Å². The lowest BCUT2D eigenvalue weighted by Gasteiger charge is -2.17. The van der Waals surface area contributed by atoms with Crippen molar-refractivity contribution < 1.29 is 9.59 Å². The van der Waals surface area contributed by atoms with Crippen molar-refractivity contribution in [2.45, 2.75) is 0 Å². The summed E-state index contributed by atoms with van der Waals surface area (Å²) >= 11 is 0. The molecular weight excluding hydrogens is 286 g/mol. The molecule has 1 heterocycles. The number of carbonyl (C=O) groups is 2. The number of amides is 2. The van der Waals surface area contributed by atoms with Gasteiger partial charge in [-0.25, -0.2) is 4.90 Å². The van der Waals surface area contributed by atoms with E-state index >= 15 is 0 Å². The Balaban J connectivity index is 1.77. The van der Waals surface area contributed by atoms with E-state index < -0.39 is 0 Å². The van der Waals surface area contributed by atoms with Gasteiger partial charge in [-0.2, -0.15) is 0 Å². The molecule has 0 fully saturated rings. The lowest BCUT2D eigenvalue weighted by atomic mass is 10.0. The minimum atomic E-state index is -0.316. The van der Waals surface area contributed by atoms with Crippen molar-refractivity contribution in [2.75, 3.05) is 0 Å². The van der Waals surface area contributed by atoms with E-state index in [2.05, 4.69) is 6.58 Å². The Morgan fingerprint density at radius 3 is 1.96 bits per heavy atom. The lowest BCUT2D eigenvalue weighted by Crippen LogP contribution is -2.27. The summed E-state index contributed by atoms with van der Waals surface area (Å²) in [6.45, 7) is 3.98. The molecule has 0 saturated heterocycles. The molecule has 0 atom stereocenters. The largest absolute Gasteiger partial charge is 0.268 e. The number of carbonyl (C=O) groups excluding carboxylic acids is 2. The smallest absolute Gasteiger partial charge is 0.266 e. The first-order chi connectivity index (χ1) is 11.2. The van der Waals surface area contributed by atoms with Gasteiger partial charge in [-0.05, 0) is 34.5 Å². The van der Waals surface area contributed by atoms with Crippen LogP contribution in [-0.2, 0) is 0 Å². The molecule has 0 aliphatic carbocycles. The van der Waals surface area contributed by atoms with E-state index in [4.69, 9.17) is 0 Å². The van der Waals surface area contributed by atoms with Crippen LogP contribution < -0.4 is 0 Å². The molecule has 0 spiro atoms. The third kappa shape index (κ3) is 1.98. The monoisotopic (exact) mass is 299 g/mol. The molecule has 3 nitrogen and oxygen atoms in total. The van der Waals surface area contributed by atoms with Crippen LogP contribution in [0, 0.1) is 0 Å². The molecule has 3 aromatic carbocycles. The molecule has 1 aliphatic rings.